The second-order valence-electron chi connectivity index (χ2n) is 5.84. The largest absolute Gasteiger partial charge is 0.484 e. The van der Waals surface area contributed by atoms with Gasteiger partial charge >= 0.3 is 5.63 Å². The van der Waals surface area contributed by atoms with E-state index >= 15 is 0 Å². The third-order valence-corrected chi connectivity index (χ3v) is 4.47. The van der Waals surface area contributed by atoms with Crippen LogP contribution in [0.25, 0.3) is 11.0 Å². The first-order chi connectivity index (χ1) is 12.5. The fraction of sp³-hybridized carbons (Fsp3) is 0.200. The molecule has 0 spiro atoms. The number of aryl methyl sites for hydroxylation is 1. The van der Waals surface area contributed by atoms with E-state index in [1.165, 1.54) is 6.07 Å². The molecule has 0 radical (unpaired) electrons. The predicted molar refractivity (Wildman–Crippen MR) is 103 cm³/mol. The summed E-state index contributed by atoms with van der Waals surface area (Å²) in [5.74, 6) is 0.0808. The molecule has 0 bridgehead atoms. The number of ketones is 1. The van der Waals surface area contributed by atoms with E-state index in [0.717, 1.165) is 23.8 Å². The monoisotopic (exact) mass is 390 g/mol. The molecule has 0 aliphatic rings. The minimum absolute atomic E-state index is 0.189. The Morgan fingerprint density at radius 1 is 1.12 bits per heavy atom. The minimum atomic E-state index is -0.425. The summed E-state index contributed by atoms with van der Waals surface area (Å²) < 4.78 is 10.8. The van der Waals surface area contributed by atoms with Crippen molar-refractivity contribution in [2.75, 3.05) is 6.61 Å². The number of carbonyl (C=O) groups is 1. The van der Waals surface area contributed by atoms with Crippen molar-refractivity contribution in [1.82, 2.24) is 0 Å². The maximum atomic E-state index is 12.2. The molecule has 0 saturated carbocycles. The van der Waals surface area contributed by atoms with Gasteiger partial charge in [-0.2, -0.15) is 0 Å². The topological polar surface area (TPSA) is 56.5 Å². The standard InChI is InChI=1S/C20H16Cl2O4/c1-2-3-13-8-20(24)26-18-10-19(16(22)9-15(13)18)25-11-17(23)12-4-6-14(21)7-5-12/h4-10H,2-3,11H2,1H3. The number of Topliss-reactive ketones (excluding diaryl/α,β-unsaturated/α-hetero) is 1. The van der Waals surface area contributed by atoms with Gasteiger partial charge in [0.25, 0.3) is 0 Å². The molecule has 0 atom stereocenters. The van der Waals surface area contributed by atoms with Gasteiger partial charge in [0.1, 0.15) is 11.3 Å². The van der Waals surface area contributed by atoms with Crippen molar-refractivity contribution in [3.63, 3.8) is 0 Å². The van der Waals surface area contributed by atoms with E-state index in [1.807, 2.05) is 6.92 Å². The maximum Gasteiger partial charge on any atom is 0.336 e. The molecule has 3 rings (SSSR count). The number of halogens is 2. The Morgan fingerprint density at radius 2 is 1.85 bits per heavy atom. The molecule has 4 nitrogen and oxygen atoms in total. The van der Waals surface area contributed by atoms with Gasteiger partial charge in [0.15, 0.2) is 12.4 Å². The molecule has 6 heteroatoms. The molecule has 0 aliphatic heterocycles. The van der Waals surface area contributed by atoms with Crippen molar-refractivity contribution >= 4 is 40.0 Å². The summed E-state index contributed by atoms with van der Waals surface area (Å²) in [5.41, 5.74) is 1.33. The van der Waals surface area contributed by atoms with Crippen LogP contribution < -0.4 is 10.4 Å². The van der Waals surface area contributed by atoms with Gasteiger partial charge < -0.3 is 9.15 Å². The lowest BCUT2D eigenvalue weighted by Gasteiger charge is -2.10. The molecule has 3 aromatic rings. The molecular weight excluding hydrogens is 375 g/mol. The number of carbonyl (C=O) groups excluding carboxylic acids is 1. The van der Waals surface area contributed by atoms with Crippen LogP contribution in [0, 0.1) is 0 Å². The second-order valence-corrected chi connectivity index (χ2v) is 6.68. The number of hydrogen-bond acceptors (Lipinski definition) is 4. The van der Waals surface area contributed by atoms with Crippen LogP contribution in [0.2, 0.25) is 10.0 Å². The summed E-state index contributed by atoms with van der Waals surface area (Å²) >= 11 is 12.1. The zero-order valence-corrected chi connectivity index (χ0v) is 15.6. The van der Waals surface area contributed by atoms with Crippen LogP contribution in [0.3, 0.4) is 0 Å². The normalized spacial score (nSPS) is 10.9. The van der Waals surface area contributed by atoms with Crippen LogP contribution in [0.4, 0.5) is 0 Å². The van der Waals surface area contributed by atoms with Gasteiger partial charge in [-0.25, -0.2) is 4.79 Å². The first-order valence-electron chi connectivity index (χ1n) is 8.15. The van der Waals surface area contributed by atoms with Crippen molar-refractivity contribution in [3.8, 4) is 5.75 Å². The van der Waals surface area contributed by atoms with E-state index in [4.69, 9.17) is 32.4 Å². The van der Waals surface area contributed by atoms with E-state index in [2.05, 4.69) is 0 Å². The van der Waals surface area contributed by atoms with E-state index in [0.29, 0.717) is 26.9 Å². The lowest BCUT2D eigenvalue weighted by Crippen LogP contribution is -2.11. The van der Waals surface area contributed by atoms with Crippen LogP contribution in [0.1, 0.15) is 29.3 Å². The highest BCUT2D eigenvalue weighted by Gasteiger charge is 2.13. The average Bonchev–Trinajstić information content (AvgIpc) is 2.61. The van der Waals surface area contributed by atoms with Gasteiger partial charge in [-0.15, -0.1) is 0 Å². The summed E-state index contributed by atoms with van der Waals surface area (Å²) in [4.78, 5) is 24.0. The van der Waals surface area contributed by atoms with Crippen molar-refractivity contribution in [1.29, 1.82) is 0 Å². The predicted octanol–water partition coefficient (Wildman–Crippen LogP) is 5.31. The van der Waals surface area contributed by atoms with Crippen LogP contribution >= 0.6 is 23.2 Å². The fourth-order valence-corrected chi connectivity index (χ4v) is 3.02. The van der Waals surface area contributed by atoms with Gasteiger partial charge in [-0.05, 0) is 42.3 Å². The zero-order chi connectivity index (χ0) is 18.7. The number of rotatable bonds is 6. The molecule has 0 amide bonds. The first kappa shape index (κ1) is 18.5. The fourth-order valence-electron chi connectivity index (χ4n) is 2.68. The summed E-state index contributed by atoms with van der Waals surface area (Å²) in [6, 6.07) is 11.3. The Kier molecular flexibility index (Phi) is 5.64. The summed E-state index contributed by atoms with van der Waals surface area (Å²) in [6.07, 6.45) is 1.64. The number of hydrogen-bond donors (Lipinski definition) is 0. The first-order valence-corrected chi connectivity index (χ1v) is 8.91. The molecule has 1 heterocycles. The Bertz CT molecular complexity index is 1010. The third-order valence-electron chi connectivity index (χ3n) is 3.93. The Morgan fingerprint density at radius 3 is 2.54 bits per heavy atom. The van der Waals surface area contributed by atoms with Crippen LogP contribution in [0.15, 0.2) is 51.7 Å². The molecule has 2 aromatic carbocycles. The van der Waals surface area contributed by atoms with E-state index in [9.17, 15) is 9.59 Å². The van der Waals surface area contributed by atoms with Crippen LogP contribution in [-0.2, 0) is 6.42 Å². The molecule has 1 aromatic heterocycles. The Balaban J connectivity index is 1.86. The Hall–Kier alpha value is -2.30. The summed E-state index contributed by atoms with van der Waals surface area (Å²) in [6.45, 7) is 1.84. The number of ether oxygens (including phenoxy) is 1. The zero-order valence-electron chi connectivity index (χ0n) is 14.1. The summed E-state index contributed by atoms with van der Waals surface area (Å²) in [7, 11) is 0. The van der Waals surface area contributed by atoms with Crippen molar-refractivity contribution in [2.45, 2.75) is 19.8 Å². The van der Waals surface area contributed by atoms with E-state index in [1.54, 1.807) is 36.4 Å². The molecule has 0 aliphatic carbocycles. The van der Waals surface area contributed by atoms with Crippen LogP contribution in [0.5, 0.6) is 5.75 Å². The van der Waals surface area contributed by atoms with Crippen molar-refractivity contribution < 1.29 is 13.9 Å². The van der Waals surface area contributed by atoms with E-state index < -0.39 is 5.63 Å². The molecule has 134 valence electrons. The number of fused-ring (bicyclic) bond motifs is 1. The van der Waals surface area contributed by atoms with Gasteiger partial charge in [-0.3, -0.25) is 4.79 Å². The molecule has 0 saturated heterocycles. The highest BCUT2D eigenvalue weighted by atomic mass is 35.5. The summed E-state index contributed by atoms with van der Waals surface area (Å²) in [5, 5.41) is 1.68. The molecule has 0 fully saturated rings. The minimum Gasteiger partial charge on any atom is -0.484 e. The van der Waals surface area contributed by atoms with Gasteiger partial charge in [0.2, 0.25) is 0 Å². The lowest BCUT2D eigenvalue weighted by atomic mass is 10.1. The quantitative estimate of drug-likeness (QED) is 0.422. The van der Waals surface area contributed by atoms with Gasteiger partial charge in [0.05, 0.1) is 5.02 Å². The highest BCUT2D eigenvalue weighted by molar-refractivity contribution is 6.33. The molecular formula is C20H16Cl2O4. The molecule has 0 N–H and O–H groups in total. The lowest BCUT2D eigenvalue weighted by molar-refractivity contribution is 0.0921. The number of benzene rings is 2. The SMILES string of the molecule is CCCc1cc(=O)oc2cc(OCC(=O)c3ccc(Cl)cc3)c(Cl)cc12. The van der Waals surface area contributed by atoms with E-state index in [-0.39, 0.29) is 12.4 Å². The third kappa shape index (κ3) is 4.09. The average molecular weight is 391 g/mol. The second kappa shape index (κ2) is 7.94. The molecule has 0 unspecified atom stereocenters. The van der Waals surface area contributed by atoms with Crippen LogP contribution in [-0.4, -0.2) is 12.4 Å². The highest BCUT2D eigenvalue weighted by Crippen LogP contribution is 2.31. The smallest absolute Gasteiger partial charge is 0.336 e. The van der Waals surface area contributed by atoms with Crippen molar-refractivity contribution in [2.24, 2.45) is 0 Å². The Labute approximate surface area is 160 Å². The van der Waals surface area contributed by atoms with Crippen molar-refractivity contribution in [3.05, 3.63) is 74.1 Å². The molecule has 26 heavy (non-hydrogen) atoms. The van der Waals surface area contributed by atoms with Gasteiger partial charge in [0, 0.05) is 28.1 Å². The maximum absolute atomic E-state index is 12.2. The van der Waals surface area contributed by atoms with Gasteiger partial charge in [-0.1, -0.05) is 36.5 Å².